The number of aromatic nitrogens is 2. The smallest absolute Gasteiger partial charge is 0.183 e. The van der Waals surface area contributed by atoms with E-state index in [1.54, 1.807) is 24.8 Å². The minimum absolute atomic E-state index is 0. The van der Waals surface area contributed by atoms with Gasteiger partial charge in [-0.05, 0) is 64.7 Å². The van der Waals surface area contributed by atoms with Crippen molar-refractivity contribution < 1.29 is 16.5 Å². The zero-order valence-electron chi connectivity index (χ0n) is 20.4. The molecule has 0 saturated carbocycles. The molecule has 2 aromatic carbocycles. The molecule has 0 bridgehead atoms. The van der Waals surface area contributed by atoms with E-state index in [1.165, 1.54) is 6.21 Å². The van der Waals surface area contributed by atoms with Crippen molar-refractivity contribution in [1.29, 1.82) is 0 Å². The fraction of sp³-hybridized carbons (Fsp3) is 0. The van der Waals surface area contributed by atoms with Gasteiger partial charge in [-0.2, -0.15) is 0 Å². The zero-order valence-corrected chi connectivity index (χ0v) is 23.2. The monoisotopic (exact) mass is 600 g/mol. The third-order valence-corrected chi connectivity index (χ3v) is 4.94. The van der Waals surface area contributed by atoms with E-state index in [-0.39, 0.29) is 26.7 Å². The number of nitrogen functional groups attached to an aromatic ring is 2. The molecule has 0 aliphatic rings. The summed E-state index contributed by atoms with van der Waals surface area (Å²) in [5, 5.41) is 7.81. The number of rotatable bonds is 6. The van der Waals surface area contributed by atoms with Gasteiger partial charge in [0.25, 0.3) is 0 Å². The Kier molecular flexibility index (Phi) is 12.7. The molecule has 13 heteroatoms. The number of anilines is 2. The van der Waals surface area contributed by atoms with Gasteiger partial charge in [0.1, 0.15) is 0 Å². The Morgan fingerprint density at radius 2 is 1.33 bits per heavy atom. The Balaban J connectivity index is 0.000000267. The van der Waals surface area contributed by atoms with Crippen molar-refractivity contribution in [1.82, 2.24) is 9.97 Å². The molecule has 39 heavy (non-hydrogen) atoms. The van der Waals surface area contributed by atoms with Crippen molar-refractivity contribution in [3.8, 4) is 22.3 Å². The number of nitrogens with zero attached hydrogens (tertiary/aromatic N) is 6. The second kappa shape index (κ2) is 16.0. The SMILES string of the molecule is NC(=[SH+])[N-]N=Cc1cc(-c2cccc(N)c2)ccn1.NC(=[SH+])[N-]N=Cc1cnccc1-c1cccc(N)c1.[Ni]. The largest absolute Gasteiger partial charge is 0.515 e. The van der Waals surface area contributed by atoms with Gasteiger partial charge >= 0.3 is 0 Å². The summed E-state index contributed by atoms with van der Waals surface area (Å²) in [5.74, 6) is 0. The number of hydrogen-bond donors (Lipinski definition) is 4. The second-order valence-corrected chi connectivity index (χ2v) is 8.51. The van der Waals surface area contributed by atoms with Gasteiger partial charge in [-0.1, -0.05) is 24.3 Å². The van der Waals surface area contributed by atoms with E-state index < -0.39 is 0 Å². The van der Waals surface area contributed by atoms with E-state index in [0.29, 0.717) is 11.4 Å². The van der Waals surface area contributed by atoms with Crippen LogP contribution in [0, 0.1) is 0 Å². The van der Waals surface area contributed by atoms with Crippen LogP contribution in [0.25, 0.3) is 33.1 Å². The molecule has 0 radical (unpaired) electrons. The van der Waals surface area contributed by atoms with Crippen LogP contribution in [0.2, 0.25) is 0 Å². The summed E-state index contributed by atoms with van der Waals surface area (Å²) in [6.45, 7) is 0. The average molecular weight is 601 g/mol. The summed E-state index contributed by atoms with van der Waals surface area (Å²) in [4.78, 5) is 8.24. The van der Waals surface area contributed by atoms with Crippen molar-refractivity contribution in [2.24, 2.45) is 21.7 Å². The van der Waals surface area contributed by atoms with E-state index in [0.717, 1.165) is 33.5 Å². The molecule has 2 aromatic heterocycles. The van der Waals surface area contributed by atoms with Crippen molar-refractivity contribution in [3.05, 3.63) is 107 Å². The second-order valence-electron chi connectivity index (χ2n) is 7.59. The van der Waals surface area contributed by atoms with Gasteiger partial charge in [0.15, 0.2) is 34.7 Å². The predicted molar refractivity (Wildman–Crippen MR) is 166 cm³/mol. The van der Waals surface area contributed by atoms with Crippen LogP contribution in [0.4, 0.5) is 11.4 Å². The first-order chi connectivity index (χ1) is 18.3. The van der Waals surface area contributed by atoms with Gasteiger partial charge in [-0.15, -0.1) is 0 Å². The molecule has 0 aliphatic heterocycles. The molecule has 2 heterocycles. The molecule has 0 spiro atoms. The van der Waals surface area contributed by atoms with Crippen molar-refractivity contribution in [3.63, 3.8) is 0 Å². The molecule has 0 amide bonds. The molecule has 202 valence electrons. The summed E-state index contributed by atoms with van der Waals surface area (Å²) >= 11 is 7.65. The third kappa shape index (κ3) is 10.6. The van der Waals surface area contributed by atoms with Gasteiger partial charge in [-0.3, -0.25) is 21.4 Å². The van der Waals surface area contributed by atoms with Crippen LogP contribution in [-0.2, 0) is 40.9 Å². The van der Waals surface area contributed by atoms with Crippen molar-refractivity contribution in [2.75, 3.05) is 11.5 Å². The minimum atomic E-state index is 0. The van der Waals surface area contributed by atoms with Crippen LogP contribution < -0.4 is 22.9 Å². The summed E-state index contributed by atoms with van der Waals surface area (Å²) in [6, 6.07) is 20.9. The van der Waals surface area contributed by atoms with Crippen molar-refractivity contribution >= 4 is 58.5 Å². The molecular formula is C26H26N10NiS2. The normalized spacial score (nSPS) is 10.3. The third-order valence-electron chi connectivity index (χ3n) is 4.76. The molecule has 10 nitrogen and oxygen atoms in total. The first-order valence-corrected chi connectivity index (χ1v) is 11.9. The topological polar surface area (TPSA) is 183 Å². The Hall–Kier alpha value is -4.13. The molecule has 4 aromatic rings. The van der Waals surface area contributed by atoms with Gasteiger partial charge in [0.05, 0.1) is 5.69 Å². The quantitative estimate of drug-likeness (QED) is 0.0501. The first-order valence-electron chi connectivity index (χ1n) is 11.0. The molecule has 8 N–H and O–H groups in total. The molecule has 0 saturated heterocycles. The van der Waals surface area contributed by atoms with E-state index in [9.17, 15) is 0 Å². The Bertz CT molecular complexity index is 1480. The van der Waals surface area contributed by atoms with Crippen LogP contribution in [0.5, 0.6) is 0 Å². The van der Waals surface area contributed by atoms with Crippen LogP contribution in [-0.4, -0.2) is 32.6 Å². The molecule has 0 atom stereocenters. The van der Waals surface area contributed by atoms with E-state index >= 15 is 0 Å². The zero-order chi connectivity index (χ0) is 27.3. The Morgan fingerprint density at radius 3 is 1.97 bits per heavy atom. The van der Waals surface area contributed by atoms with Gasteiger partial charge in [0, 0.05) is 64.4 Å². The summed E-state index contributed by atoms with van der Waals surface area (Å²) in [7, 11) is 0. The Morgan fingerprint density at radius 1 is 0.744 bits per heavy atom. The molecule has 0 aliphatic carbocycles. The van der Waals surface area contributed by atoms with Crippen LogP contribution in [0.15, 0.2) is 95.5 Å². The standard InChI is InChI=1S/2C13H13N5S.Ni/c14-11-3-1-2-9(6-11)12-4-5-16-7-10(12)8-17-18-13(15)19;14-11-3-1-2-9(6-11)10-4-5-16-12(7-10)8-17-18-13(15)19;/h1-8H,14H2,(H3,15,18,19);1-8H,14H2,(H3,15,16,18,19);. The molecular weight excluding hydrogens is 575 g/mol. The maximum atomic E-state index is 5.79. The molecule has 4 rings (SSSR count). The van der Waals surface area contributed by atoms with Crippen molar-refractivity contribution in [2.45, 2.75) is 0 Å². The van der Waals surface area contributed by atoms with Crippen LogP contribution >= 0.6 is 0 Å². The summed E-state index contributed by atoms with van der Waals surface area (Å²) in [5.41, 5.74) is 36.3. The fourth-order valence-corrected chi connectivity index (χ4v) is 3.30. The van der Waals surface area contributed by atoms with Gasteiger partial charge < -0.3 is 32.5 Å². The van der Waals surface area contributed by atoms with E-state index in [4.69, 9.17) is 22.9 Å². The average Bonchev–Trinajstić information content (AvgIpc) is 2.89. The summed E-state index contributed by atoms with van der Waals surface area (Å²) < 4.78 is 0. The summed E-state index contributed by atoms with van der Waals surface area (Å²) in [6.07, 6.45) is 8.21. The number of hydrogen-bond acceptors (Lipinski definition) is 6. The fourth-order valence-electron chi connectivity index (χ4n) is 3.19. The predicted octanol–water partition coefficient (Wildman–Crippen LogP) is 2.72. The number of pyridine rings is 2. The number of thiol groups is 2. The van der Waals surface area contributed by atoms with Crippen LogP contribution in [0.3, 0.4) is 0 Å². The van der Waals surface area contributed by atoms with E-state index in [1.807, 2.05) is 66.7 Å². The Labute approximate surface area is 246 Å². The van der Waals surface area contributed by atoms with Crippen LogP contribution in [0.1, 0.15) is 11.3 Å². The maximum Gasteiger partial charge on any atom is 0.183 e. The van der Waals surface area contributed by atoms with E-state index in [2.05, 4.69) is 55.5 Å². The van der Waals surface area contributed by atoms with Gasteiger partial charge in [-0.25, -0.2) is 0 Å². The number of benzene rings is 2. The number of nitrogens with two attached hydrogens (primary N) is 4. The van der Waals surface area contributed by atoms with Gasteiger partial charge in [0.2, 0.25) is 0 Å². The maximum absolute atomic E-state index is 5.79. The minimum Gasteiger partial charge on any atom is -0.515 e. The first kappa shape index (κ1) is 31.1. The molecule has 0 fully saturated rings. The molecule has 0 unspecified atom stereocenters.